The number of amides is 2. The van der Waals surface area contributed by atoms with Gasteiger partial charge in [0.2, 0.25) is 0 Å². The Balaban J connectivity index is 1.60. The quantitative estimate of drug-likeness (QED) is 0.484. The third-order valence-electron chi connectivity index (χ3n) is 4.53. The molecule has 1 fully saturated rings. The summed E-state index contributed by atoms with van der Waals surface area (Å²) in [5, 5.41) is 13.3. The molecule has 2 amide bonds. The summed E-state index contributed by atoms with van der Waals surface area (Å²) in [7, 11) is 0. The molecule has 146 valence electrons. The van der Waals surface area contributed by atoms with Gasteiger partial charge in [0, 0.05) is 43.6 Å². The molecule has 9 heteroatoms. The molecule has 0 unspecified atom stereocenters. The number of carbonyl (C=O) groups excluding carboxylic acids is 2. The lowest BCUT2D eigenvalue weighted by atomic mass is 10.2. The second-order valence-electron chi connectivity index (χ2n) is 6.50. The van der Waals surface area contributed by atoms with Crippen molar-refractivity contribution in [2.24, 2.45) is 0 Å². The number of anilines is 2. The Morgan fingerprint density at radius 2 is 1.82 bits per heavy atom. The highest BCUT2D eigenvalue weighted by atomic mass is 35.5. The van der Waals surface area contributed by atoms with Gasteiger partial charge in [0.15, 0.2) is 0 Å². The Morgan fingerprint density at radius 1 is 1.11 bits per heavy atom. The van der Waals surface area contributed by atoms with Crippen LogP contribution in [0.4, 0.5) is 17.1 Å². The normalized spacial score (nSPS) is 13.9. The maximum absolute atomic E-state index is 12.4. The molecule has 0 aliphatic carbocycles. The van der Waals surface area contributed by atoms with E-state index >= 15 is 0 Å². The Labute approximate surface area is 166 Å². The fraction of sp³-hybridized carbons (Fsp3) is 0.263. The Kier molecular flexibility index (Phi) is 5.79. The lowest BCUT2D eigenvalue weighted by Gasteiger charge is -2.35. The molecule has 1 saturated heterocycles. The van der Waals surface area contributed by atoms with E-state index in [1.54, 1.807) is 0 Å². The number of nitro groups is 1. The number of piperazine rings is 1. The van der Waals surface area contributed by atoms with Crippen LogP contribution in [0.25, 0.3) is 0 Å². The van der Waals surface area contributed by atoms with Crippen LogP contribution < -0.4 is 10.2 Å². The first-order valence-corrected chi connectivity index (χ1v) is 9.09. The second-order valence-corrected chi connectivity index (χ2v) is 6.90. The van der Waals surface area contributed by atoms with Crippen molar-refractivity contribution < 1.29 is 14.5 Å². The predicted molar refractivity (Wildman–Crippen MR) is 107 cm³/mol. The zero-order chi connectivity index (χ0) is 20.3. The Hall–Kier alpha value is -3.13. The van der Waals surface area contributed by atoms with Crippen LogP contribution in [-0.4, -0.2) is 47.8 Å². The highest BCUT2D eigenvalue weighted by Gasteiger charge is 2.26. The van der Waals surface area contributed by atoms with Crippen molar-refractivity contribution in [1.82, 2.24) is 4.90 Å². The van der Waals surface area contributed by atoms with Crippen molar-refractivity contribution in [2.75, 3.05) is 36.4 Å². The van der Waals surface area contributed by atoms with Gasteiger partial charge in [-0.25, -0.2) is 0 Å². The first kappa shape index (κ1) is 19.6. The molecular weight excluding hydrogens is 384 g/mol. The van der Waals surface area contributed by atoms with Crippen LogP contribution in [0.5, 0.6) is 0 Å². The van der Waals surface area contributed by atoms with Gasteiger partial charge in [-0.15, -0.1) is 0 Å². The molecule has 1 N–H and O–H groups in total. The zero-order valence-corrected chi connectivity index (χ0v) is 16.0. The number of nitrogens with one attached hydrogen (secondary N) is 1. The standard InChI is InChI=1S/C19H19ClN4O4/c1-13-3-2-4-15(11-13)22-7-9-23(10-8-22)19(26)18(25)21-14-5-6-16(20)17(12-14)24(27)28/h2-6,11-12H,7-10H2,1H3,(H,21,25). The fourth-order valence-corrected chi connectivity index (χ4v) is 3.24. The largest absolute Gasteiger partial charge is 0.368 e. The number of nitro benzene ring substituents is 1. The van der Waals surface area contributed by atoms with E-state index in [4.69, 9.17) is 11.6 Å². The lowest BCUT2D eigenvalue weighted by molar-refractivity contribution is -0.384. The molecule has 28 heavy (non-hydrogen) atoms. The summed E-state index contributed by atoms with van der Waals surface area (Å²) in [6.07, 6.45) is 0. The van der Waals surface area contributed by atoms with Gasteiger partial charge < -0.3 is 15.1 Å². The highest BCUT2D eigenvalue weighted by molar-refractivity contribution is 6.39. The number of nitrogens with zero attached hydrogens (tertiary/aromatic N) is 3. The summed E-state index contributed by atoms with van der Waals surface area (Å²) >= 11 is 5.75. The van der Waals surface area contributed by atoms with Gasteiger partial charge in [0.25, 0.3) is 5.69 Å². The maximum Gasteiger partial charge on any atom is 0.313 e. The minimum absolute atomic E-state index is 0.0402. The highest BCUT2D eigenvalue weighted by Crippen LogP contribution is 2.27. The van der Waals surface area contributed by atoms with E-state index in [9.17, 15) is 19.7 Å². The molecule has 3 rings (SSSR count). The minimum atomic E-state index is -0.833. The van der Waals surface area contributed by atoms with E-state index in [0.717, 1.165) is 17.3 Å². The van der Waals surface area contributed by atoms with Gasteiger partial charge in [-0.3, -0.25) is 19.7 Å². The number of carbonyl (C=O) groups is 2. The molecule has 1 heterocycles. The number of hydrogen-bond donors (Lipinski definition) is 1. The molecular formula is C19H19ClN4O4. The van der Waals surface area contributed by atoms with Gasteiger partial charge in [-0.05, 0) is 36.8 Å². The number of hydrogen-bond acceptors (Lipinski definition) is 5. The van der Waals surface area contributed by atoms with E-state index < -0.39 is 16.7 Å². The van der Waals surface area contributed by atoms with Crippen LogP contribution in [0, 0.1) is 17.0 Å². The molecule has 1 aliphatic heterocycles. The van der Waals surface area contributed by atoms with Crippen LogP contribution in [0.15, 0.2) is 42.5 Å². The molecule has 0 bridgehead atoms. The maximum atomic E-state index is 12.4. The summed E-state index contributed by atoms with van der Waals surface area (Å²) in [6, 6.07) is 12.0. The van der Waals surface area contributed by atoms with Crippen LogP contribution in [0.3, 0.4) is 0 Å². The second kappa shape index (κ2) is 8.26. The Morgan fingerprint density at radius 3 is 2.46 bits per heavy atom. The first-order chi connectivity index (χ1) is 13.3. The molecule has 2 aromatic carbocycles. The van der Waals surface area contributed by atoms with Crippen LogP contribution in [0.2, 0.25) is 5.02 Å². The molecule has 0 spiro atoms. The predicted octanol–water partition coefficient (Wildman–Crippen LogP) is 2.84. The minimum Gasteiger partial charge on any atom is -0.368 e. The molecule has 0 radical (unpaired) electrons. The van der Waals surface area contributed by atoms with Crippen molar-refractivity contribution in [3.63, 3.8) is 0 Å². The number of benzene rings is 2. The SMILES string of the molecule is Cc1cccc(N2CCN(C(=O)C(=O)Nc3ccc(Cl)c([N+](=O)[O-])c3)CC2)c1. The third-order valence-corrected chi connectivity index (χ3v) is 4.85. The van der Waals surface area contributed by atoms with Gasteiger partial charge >= 0.3 is 11.8 Å². The smallest absolute Gasteiger partial charge is 0.313 e. The van der Waals surface area contributed by atoms with Gasteiger partial charge in [-0.1, -0.05) is 23.7 Å². The average molecular weight is 403 g/mol. The lowest BCUT2D eigenvalue weighted by Crippen LogP contribution is -2.51. The van der Waals surface area contributed by atoms with Crippen LogP contribution in [-0.2, 0) is 9.59 Å². The zero-order valence-electron chi connectivity index (χ0n) is 15.2. The van der Waals surface area contributed by atoms with Crippen molar-refractivity contribution in [3.05, 3.63) is 63.2 Å². The number of rotatable bonds is 3. The summed E-state index contributed by atoms with van der Waals surface area (Å²) in [5.74, 6) is -1.50. The van der Waals surface area contributed by atoms with E-state index in [1.807, 2.05) is 25.1 Å². The van der Waals surface area contributed by atoms with Gasteiger partial charge in [0.05, 0.1) is 4.92 Å². The summed E-state index contributed by atoms with van der Waals surface area (Å²) < 4.78 is 0. The van der Waals surface area contributed by atoms with Crippen LogP contribution in [0.1, 0.15) is 5.56 Å². The van der Waals surface area contributed by atoms with Crippen molar-refractivity contribution in [2.45, 2.75) is 6.92 Å². The van der Waals surface area contributed by atoms with E-state index in [-0.39, 0.29) is 16.4 Å². The fourth-order valence-electron chi connectivity index (χ4n) is 3.05. The molecule has 0 atom stereocenters. The molecule has 8 nitrogen and oxygen atoms in total. The van der Waals surface area contributed by atoms with E-state index in [0.29, 0.717) is 26.2 Å². The van der Waals surface area contributed by atoms with Crippen molar-refractivity contribution in [3.8, 4) is 0 Å². The molecule has 0 aromatic heterocycles. The van der Waals surface area contributed by atoms with Gasteiger partial charge in [0.1, 0.15) is 5.02 Å². The molecule has 1 aliphatic rings. The van der Waals surface area contributed by atoms with Gasteiger partial charge in [-0.2, -0.15) is 0 Å². The van der Waals surface area contributed by atoms with Crippen molar-refractivity contribution >= 4 is 40.5 Å². The van der Waals surface area contributed by atoms with E-state index in [2.05, 4.69) is 16.3 Å². The number of aryl methyl sites for hydroxylation is 1. The van der Waals surface area contributed by atoms with Crippen LogP contribution >= 0.6 is 11.6 Å². The first-order valence-electron chi connectivity index (χ1n) is 8.71. The monoisotopic (exact) mass is 402 g/mol. The van der Waals surface area contributed by atoms with E-state index in [1.165, 1.54) is 17.0 Å². The number of halogens is 1. The summed E-state index contributed by atoms with van der Waals surface area (Å²) in [5.41, 5.74) is 2.06. The molecule has 2 aromatic rings. The summed E-state index contributed by atoms with van der Waals surface area (Å²) in [6.45, 7) is 4.10. The molecule has 0 saturated carbocycles. The Bertz CT molecular complexity index is 926. The third kappa shape index (κ3) is 4.40. The van der Waals surface area contributed by atoms with Crippen molar-refractivity contribution in [1.29, 1.82) is 0 Å². The average Bonchev–Trinajstić information content (AvgIpc) is 2.68. The topological polar surface area (TPSA) is 95.8 Å². The summed E-state index contributed by atoms with van der Waals surface area (Å²) in [4.78, 5) is 38.6.